The Balaban J connectivity index is 2.53. The average Bonchev–Trinajstić information content (AvgIpc) is 2.59. The van der Waals surface area contributed by atoms with Gasteiger partial charge in [-0.25, -0.2) is 0 Å². The Hall–Kier alpha value is -0.160. The second kappa shape index (κ2) is 5.25. The Morgan fingerprint density at radius 2 is 2.20 bits per heavy atom. The van der Waals surface area contributed by atoms with Crippen molar-refractivity contribution in [2.75, 3.05) is 33.3 Å². The van der Waals surface area contributed by atoms with Crippen LogP contribution in [0.1, 0.15) is 20.3 Å². The van der Waals surface area contributed by atoms with Crippen LogP contribution in [0.5, 0.6) is 0 Å². The lowest BCUT2D eigenvalue weighted by molar-refractivity contribution is 0.181. The second-order valence-corrected chi connectivity index (χ2v) is 5.07. The minimum atomic E-state index is 0.0532. The number of nitrogens with two attached hydrogens (primary N) is 1. The van der Waals surface area contributed by atoms with Crippen molar-refractivity contribution in [3.8, 4) is 0 Å². The van der Waals surface area contributed by atoms with Crippen LogP contribution in [0, 0.1) is 5.92 Å². The predicted octanol–water partition coefficient (Wildman–Crippen LogP) is -0.374. The largest absolute Gasteiger partial charge is 0.396 e. The Kier molecular flexibility index (Phi) is 4.52. The number of nitrogens with zero attached hydrogens (tertiary/aromatic N) is 1. The number of aliphatic hydroxyl groups is 1. The first kappa shape index (κ1) is 12.9. The van der Waals surface area contributed by atoms with Gasteiger partial charge in [0.25, 0.3) is 0 Å². The maximum atomic E-state index is 9.11. The molecule has 4 N–H and O–H groups in total. The molecule has 0 aromatic heterocycles. The highest BCUT2D eigenvalue weighted by Crippen LogP contribution is 2.20. The quantitative estimate of drug-likeness (QED) is 0.585. The van der Waals surface area contributed by atoms with Crippen LogP contribution in [0.2, 0.25) is 0 Å². The fourth-order valence-corrected chi connectivity index (χ4v) is 2.21. The van der Waals surface area contributed by atoms with E-state index < -0.39 is 0 Å². The molecular formula is C11H25N3O. The van der Waals surface area contributed by atoms with Crippen LogP contribution in [-0.4, -0.2) is 54.9 Å². The van der Waals surface area contributed by atoms with Gasteiger partial charge in [-0.05, 0) is 32.9 Å². The first-order valence-corrected chi connectivity index (χ1v) is 5.80. The lowest BCUT2D eigenvalue weighted by Gasteiger charge is -2.34. The van der Waals surface area contributed by atoms with Gasteiger partial charge in [0.2, 0.25) is 0 Å². The summed E-state index contributed by atoms with van der Waals surface area (Å²) in [5, 5.41) is 12.7. The van der Waals surface area contributed by atoms with Crippen molar-refractivity contribution in [2.24, 2.45) is 11.7 Å². The van der Waals surface area contributed by atoms with Crippen LogP contribution in [0.3, 0.4) is 0 Å². The van der Waals surface area contributed by atoms with E-state index >= 15 is 0 Å². The van der Waals surface area contributed by atoms with E-state index in [4.69, 9.17) is 10.8 Å². The van der Waals surface area contributed by atoms with E-state index in [1.54, 1.807) is 0 Å². The summed E-state index contributed by atoms with van der Waals surface area (Å²) in [4.78, 5) is 2.30. The van der Waals surface area contributed by atoms with Crippen molar-refractivity contribution in [1.29, 1.82) is 0 Å². The fourth-order valence-electron chi connectivity index (χ4n) is 2.21. The average molecular weight is 215 g/mol. The topological polar surface area (TPSA) is 61.5 Å². The van der Waals surface area contributed by atoms with E-state index in [-0.39, 0.29) is 18.1 Å². The Bertz CT molecular complexity index is 200. The van der Waals surface area contributed by atoms with Crippen LogP contribution < -0.4 is 11.1 Å². The summed E-state index contributed by atoms with van der Waals surface area (Å²) in [6.45, 7) is 7.18. The zero-order valence-corrected chi connectivity index (χ0v) is 10.2. The maximum absolute atomic E-state index is 9.11. The van der Waals surface area contributed by atoms with Gasteiger partial charge in [0, 0.05) is 31.3 Å². The Morgan fingerprint density at radius 3 is 2.60 bits per heavy atom. The lowest BCUT2D eigenvalue weighted by atomic mass is 9.94. The van der Waals surface area contributed by atoms with E-state index in [0.717, 1.165) is 19.5 Å². The summed E-state index contributed by atoms with van der Waals surface area (Å²) < 4.78 is 0. The zero-order chi connectivity index (χ0) is 11.5. The van der Waals surface area contributed by atoms with Crippen LogP contribution in [-0.2, 0) is 0 Å². The molecule has 4 heteroatoms. The molecule has 0 saturated carbocycles. The van der Waals surface area contributed by atoms with Crippen molar-refractivity contribution in [2.45, 2.75) is 31.8 Å². The van der Waals surface area contributed by atoms with Crippen LogP contribution in [0.25, 0.3) is 0 Å². The molecule has 1 saturated heterocycles. The van der Waals surface area contributed by atoms with Crippen LogP contribution in [0.15, 0.2) is 0 Å². The molecule has 15 heavy (non-hydrogen) atoms. The molecule has 1 aliphatic heterocycles. The summed E-state index contributed by atoms with van der Waals surface area (Å²) in [5.74, 6) is 0.277. The normalized spacial score (nSPS) is 31.8. The third-order valence-electron chi connectivity index (χ3n) is 3.61. The van der Waals surface area contributed by atoms with E-state index in [9.17, 15) is 0 Å². The molecule has 3 unspecified atom stereocenters. The number of aliphatic hydroxyl groups excluding tert-OH is 1. The zero-order valence-electron chi connectivity index (χ0n) is 10.2. The van der Waals surface area contributed by atoms with Crippen molar-refractivity contribution >= 4 is 0 Å². The summed E-state index contributed by atoms with van der Waals surface area (Å²) >= 11 is 0. The molecule has 1 heterocycles. The number of hydrogen-bond acceptors (Lipinski definition) is 4. The molecule has 1 aliphatic rings. The summed E-state index contributed by atoms with van der Waals surface area (Å²) in [5.41, 5.74) is 5.92. The molecule has 3 atom stereocenters. The standard InChI is InChI=1S/C11H25N3O/c1-9(6-15)10(2)13-11(7-12)4-5-14(3)8-11/h9-10,13,15H,4-8,12H2,1-3H3. The van der Waals surface area contributed by atoms with Gasteiger partial charge < -0.3 is 21.1 Å². The van der Waals surface area contributed by atoms with Crippen LogP contribution in [0.4, 0.5) is 0 Å². The van der Waals surface area contributed by atoms with Gasteiger partial charge in [-0.3, -0.25) is 0 Å². The molecule has 1 fully saturated rings. The number of likely N-dealkylation sites (tertiary alicyclic amines) is 1. The first-order chi connectivity index (χ1) is 7.03. The van der Waals surface area contributed by atoms with E-state index in [1.807, 2.05) is 0 Å². The minimum Gasteiger partial charge on any atom is -0.396 e. The molecular weight excluding hydrogens is 190 g/mol. The number of rotatable bonds is 5. The van der Waals surface area contributed by atoms with Gasteiger partial charge >= 0.3 is 0 Å². The van der Waals surface area contributed by atoms with Crippen molar-refractivity contribution in [3.63, 3.8) is 0 Å². The summed E-state index contributed by atoms with van der Waals surface area (Å²) in [6.07, 6.45) is 1.10. The number of likely N-dealkylation sites (N-methyl/N-ethyl adjacent to an activating group) is 1. The van der Waals surface area contributed by atoms with Crippen LogP contribution >= 0.6 is 0 Å². The van der Waals surface area contributed by atoms with Gasteiger partial charge in [0.15, 0.2) is 0 Å². The number of nitrogens with one attached hydrogen (secondary N) is 1. The van der Waals surface area contributed by atoms with Gasteiger partial charge in [-0.2, -0.15) is 0 Å². The first-order valence-electron chi connectivity index (χ1n) is 5.80. The van der Waals surface area contributed by atoms with E-state index in [0.29, 0.717) is 12.6 Å². The molecule has 0 amide bonds. The Labute approximate surface area is 92.8 Å². The maximum Gasteiger partial charge on any atom is 0.0471 e. The molecule has 0 aromatic carbocycles. The van der Waals surface area contributed by atoms with Crippen molar-refractivity contribution < 1.29 is 5.11 Å². The Morgan fingerprint density at radius 1 is 1.53 bits per heavy atom. The predicted molar refractivity (Wildman–Crippen MR) is 62.7 cm³/mol. The van der Waals surface area contributed by atoms with Gasteiger partial charge in [0.1, 0.15) is 0 Å². The van der Waals surface area contributed by atoms with Crippen molar-refractivity contribution in [3.05, 3.63) is 0 Å². The van der Waals surface area contributed by atoms with Gasteiger partial charge in [-0.1, -0.05) is 6.92 Å². The molecule has 0 bridgehead atoms. The third kappa shape index (κ3) is 3.14. The second-order valence-electron chi connectivity index (χ2n) is 5.07. The molecule has 0 radical (unpaired) electrons. The highest BCUT2D eigenvalue weighted by Gasteiger charge is 2.36. The highest BCUT2D eigenvalue weighted by molar-refractivity contribution is 4.99. The summed E-state index contributed by atoms with van der Waals surface area (Å²) in [6, 6.07) is 0.310. The number of hydrogen-bond donors (Lipinski definition) is 3. The molecule has 0 aromatic rings. The molecule has 1 rings (SSSR count). The third-order valence-corrected chi connectivity index (χ3v) is 3.61. The van der Waals surface area contributed by atoms with E-state index in [1.165, 1.54) is 0 Å². The lowest BCUT2D eigenvalue weighted by Crippen LogP contribution is -2.57. The highest BCUT2D eigenvalue weighted by atomic mass is 16.3. The molecule has 0 spiro atoms. The molecule has 90 valence electrons. The smallest absolute Gasteiger partial charge is 0.0471 e. The van der Waals surface area contributed by atoms with Gasteiger partial charge in [-0.15, -0.1) is 0 Å². The fraction of sp³-hybridized carbons (Fsp3) is 1.00. The molecule has 4 nitrogen and oxygen atoms in total. The van der Waals surface area contributed by atoms with Gasteiger partial charge in [0.05, 0.1) is 0 Å². The monoisotopic (exact) mass is 215 g/mol. The molecule has 0 aliphatic carbocycles. The van der Waals surface area contributed by atoms with Crippen molar-refractivity contribution in [1.82, 2.24) is 10.2 Å². The summed E-state index contributed by atoms with van der Waals surface area (Å²) in [7, 11) is 2.12. The minimum absolute atomic E-state index is 0.0532. The SMILES string of the molecule is CC(CO)C(C)NC1(CN)CCN(C)C1. The van der Waals surface area contributed by atoms with E-state index in [2.05, 4.69) is 31.1 Å².